The van der Waals surface area contributed by atoms with Crippen LogP contribution >= 0.6 is 22.7 Å². The van der Waals surface area contributed by atoms with Crippen LogP contribution in [0, 0.1) is 5.92 Å². The van der Waals surface area contributed by atoms with Gasteiger partial charge < -0.3 is 10.1 Å². The predicted molar refractivity (Wildman–Crippen MR) is 117 cm³/mol. The maximum atomic E-state index is 12.3. The molecule has 1 N–H and O–H groups in total. The number of nitrogens with zero attached hydrogens (tertiary/aromatic N) is 2. The van der Waals surface area contributed by atoms with Gasteiger partial charge in [-0.05, 0) is 50.4 Å². The summed E-state index contributed by atoms with van der Waals surface area (Å²) in [5.74, 6) is -0.442. The molecule has 0 aliphatic heterocycles. The Labute approximate surface area is 177 Å². The van der Waals surface area contributed by atoms with Gasteiger partial charge in [-0.1, -0.05) is 6.07 Å². The lowest BCUT2D eigenvalue weighted by Crippen LogP contribution is -2.21. The van der Waals surface area contributed by atoms with Crippen molar-refractivity contribution in [2.24, 2.45) is 5.92 Å². The molecule has 1 saturated carbocycles. The molecule has 4 rings (SSSR count). The highest BCUT2D eigenvalue weighted by molar-refractivity contribution is 7.21. The molecule has 1 atom stereocenters. The molecular formula is C21H23N3O3S2. The van der Waals surface area contributed by atoms with Crippen LogP contribution in [-0.4, -0.2) is 35.9 Å². The maximum absolute atomic E-state index is 12.3. The number of hydrogen-bond acceptors (Lipinski definition) is 7. The third-order valence-electron chi connectivity index (χ3n) is 5.21. The smallest absolute Gasteiger partial charge is 0.350 e. The number of fused-ring (bicyclic) bond motifs is 1. The molecule has 1 fully saturated rings. The van der Waals surface area contributed by atoms with E-state index in [9.17, 15) is 9.59 Å². The zero-order chi connectivity index (χ0) is 20.5. The summed E-state index contributed by atoms with van der Waals surface area (Å²) < 4.78 is 4.92. The van der Waals surface area contributed by atoms with Gasteiger partial charge in [0.05, 0.1) is 18.5 Å². The summed E-state index contributed by atoms with van der Waals surface area (Å²) in [6.07, 6.45) is 1.80. The number of rotatable bonds is 7. The number of pyridine rings is 1. The van der Waals surface area contributed by atoms with Gasteiger partial charge in [-0.2, -0.15) is 0 Å². The van der Waals surface area contributed by atoms with Crippen molar-refractivity contribution in [3.05, 3.63) is 45.1 Å². The minimum Gasteiger partial charge on any atom is -0.465 e. The Morgan fingerprint density at radius 2 is 2.14 bits per heavy atom. The van der Waals surface area contributed by atoms with Crippen molar-refractivity contribution < 1.29 is 14.3 Å². The molecule has 8 heteroatoms. The molecule has 0 radical (unpaired) electrons. The zero-order valence-corrected chi connectivity index (χ0v) is 18.2. The summed E-state index contributed by atoms with van der Waals surface area (Å²) in [5.41, 5.74) is 1.44. The SMILES string of the molecule is COC(=O)c1sc2nc(CN(C)[C@H](C)c3cccs3)ccc2c1NC(=O)C1CC1. The van der Waals surface area contributed by atoms with Crippen molar-refractivity contribution >= 4 is 50.5 Å². The van der Waals surface area contributed by atoms with Crippen LogP contribution in [0.15, 0.2) is 29.6 Å². The fourth-order valence-electron chi connectivity index (χ4n) is 3.17. The summed E-state index contributed by atoms with van der Waals surface area (Å²) in [5, 5.41) is 5.79. The molecule has 0 unspecified atom stereocenters. The molecule has 3 heterocycles. The number of hydrogen-bond donors (Lipinski definition) is 1. The van der Waals surface area contributed by atoms with Crippen LogP contribution in [0.1, 0.15) is 46.0 Å². The average Bonchev–Trinajstić information content (AvgIpc) is 3.32. The minimum absolute atomic E-state index is 0.0385. The van der Waals surface area contributed by atoms with Crippen LogP contribution in [0.2, 0.25) is 0 Å². The molecule has 0 spiro atoms. The third-order valence-corrected chi connectivity index (χ3v) is 7.33. The normalized spacial score (nSPS) is 14.9. The standard InChI is InChI=1S/C21H23N3O3S2/c1-12(16-5-4-10-28-16)24(2)11-14-8-9-15-17(23-19(25)13-6-7-13)18(21(26)27-3)29-20(15)22-14/h4-5,8-10,12-13H,6-7,11H2,1-3H3,(H,23,25)/t12-/m1/s1. The number of carbonyl (C=O) groups is 2. The van der Waals surface area contributed by atoms with Crippen LogP contribution in [0.5, 0.6) is 0 Å². The molecule has 0 aromatic carbocycles. The van der Waals surface area contributed by atoms with Crippen molar-refractivity contribution in [2.45, 2.75) is 32.4 Å². The molecule has 29 heavy (non-hydrogen) atoms. The van der Waals surface area contributed by atoms with Crippen LogP contribution < -0.4 is 5.32 Å². The number of anilines is 1. The topological polar surface area (TPSA) is 71.5 Å². The molecule has 152 valence electrons. The van der Waals surface area contributed by atoms with Crippen molar-refractivity contribution in [1.29, 1.82) is 0 Å². The number of ether oxygens (including phenoxy) is 1. The highest BCUT2D eigenvalue weighted by atomic mass is 32.1. The lowest BCUT2D eigenvalue weighted by atomic mass is 10.2. The lowest BCUT2D eigenvalue weighted by Gasteiger charge is -2.23. The second-order valence-corrected chi connectivity index (χ2v) is 9.30. The molecule has 0 bridgehead atoms. The number of esters is 1. The Morgan fingerprint density at radius 1 is 1.34 bits per heavy atom. The minimum atomic E-state index is -0.455. The number of thiophene rings is 2. The Kier molecular flexibility index (Phi) is 5.67. The van der Waals surface area contributed by atoms with Gasteiger partial charge in [0.2, 0.25) is 5.91 Å². The Morgan fingerprint density at radius 3 is 2.79 bits per heavy atom. The van der Waals surface area contributed by atoms with Gasteiger partial charge in [0, 0.05) is 28.8 Å². The van der Waals surface area contributed by atoms with Gasteiger partial charge in [-0.15, -0.1) is 22.7 Å². The zero-order valence-electron chi connectivity index (χ0n) is 16.6. The van der Waals surface area contributed by atoms with Crippen molar-refractivity contribution in [1.82, 2.24) is 9.88 Å². The second-order valence-electron chi connectivity index (χ2n) is 7.32. The van der Waals surface area contributed by atoms with Gasteiger partial charge in [0.25, 0.3) is 0 Å². The molecule has 1 aliphatic carbocycles. The summed E-state index contributed by atoms with van der Waals surface area (Å²) >= 11 is 3.01. The summed E-state index contributed by atoms with van der Waals surface area (Å²) in [7, 11) is 3.42. The molecule has 0 saturated heterocycles. The Hall–Kier alpha value is -2.29. The monoisotopic (exact) mass is 429 g/mol. The fourth-order valence-corrected chi connectivity index (χ4v) is 5.09. The van der Waals surface area contributed by atoms with Crippen molar-refractivity contribution in [2.75, 3.05) is 19.5 Å². The number of nitrogens with one attached hydrogen (secondary N) is 1. The first kappa shape index (κ1) is 20.0. The second kappa shape index (κ2) is 8.22. The van der Waals surface area contributed by atoms with E-state index in [0.717, 1.165) is 28.8 Å². The van der Waals surface area contributed by atoms with Gasteiger partial charge in [-0.25, -0.2) is 9.78 Å². The van der Waals surface area contributed by atoms with E-state index in [2.05, 4.69) is 41.7 Å². The lowest BCUT2D eigenvalue weighted by molar-refractivity contribution is -0.117. The van der Waals surface area contributed by atoms with E-state index in [1.165, 1.54) is 23.3 Å². The largest absolute Gasteiger partial charge is 0.465 e. The average molecular weight is 430 g/mol. The fraction of sp³-hybridized carbons (Fsp3) is 0.381. The molecule has 3 aromatic heterocycles. The number of aromatic nitrogens is 1. The first-order chi connectivity index (χ1) is 14.0. The predicted octanol–water partition coefficient (Wildman–Crippen LogP) is 4.69. The molecule has 1 aliphatic rings. The first-order valence-corrected chi connectivity index (χ1v) is 11.2. The van der Waals surface area contributed by atoms with E-state index >= 15 is 0 Å². The van der Waals surface area contributed by atoms with E-state index < -0.39 is 5.97 Å². The summed E-state index contributed by atoms with van der Waals surface area (Å²) in [6.45, 7) is 2.86. The molecule has 3 aromatic rings. The van der Waals surface area contributed by atoms with Crippen molar-refractivity contribution in [3.8, 4) is 0 Å². The first-order valence-electron chi connectivity index (χ1n) is 9.53. The van der Waals surface area contributed by atoms with Crippen LogP contribution in [0.25, 0.3) is 10.2 Å². The van der Waals surface area contributed by atoms with Gasteiger partial charge >= 0.3 is 5.97 Å². The van der Waals surface area contributed by atoms with E-state index in [4.69, 9.17) is 9.72 Å². The van der Waals surface area contributed by atoms with E-state index in [-0.39, 0.29) is 17.9 Å². The molecule has 6 nitrogen and oxygen atoms in total. The van der Waals surface area contributed by atoms with Crippen LogP contribution in [0.3, 0.4) is 0 Å². The maximum Gasteiger partial charge on any atom is 0.350 e. The van der Waals surface area contributed by atoms with Crippen molar-refractivity contribution in [3.63, 3.8) is 0 Å². The highest BCUT2D eigenvalue weighted by Gasteiger charge is 2.32. The summed E-state index contributed by atoms with van der Waals surface area (Å²) in [6, 6.07) is 8.38. The van der Waals surface area contributed by atoms with E-state index in [1.54, 1.807) is 11.3 Å². The number of carbonyl (C=O) groups excluding carboxylic acids is 2. The Bertz CT molecular complexity index is 1040. The number of methoxy groups -OCH3 is 1. The highest BCUT2D eigenvalue weighted by Crippen LogP contribution is 2.38. The van der Waals surface area contributed by atoms with Crippen LogP contribution in [0.4, 0.5) is 5.69 Å². The van der Waals surface area contributed by atoms with Gasteiger partial charge in [-0.3, -0.25) is 9.69 Å². The van der Waals surface area contributed by atoms with Gasteiger partial charge in [0.15, 0.2) is 0 Å². The Balaban J connectivity index is 1.61. The van der Waals surface area contributed by atoms with Crippen LogP contribution in [-0.2, 0) is 16.1 Å². The quantitative estimate of drug-likeness (QED) is 0.552. The molecule has 1 amide bonds. The third kappa shape index (κ3) is 4.19. The molecular weight excluding hydrogens is 406 g/mol. The van der Waals surface area contributed by atoms with E-state index in [1.807, 2.05) is 12.1 Å². The van der Waals surface area contributed by atoms with Gasteiger partial charge in [0.1, 0.15) is 9.71 Å². The summed E-state index contributed by atoms with van der Waals surface area (Å²) in [4.78, 5) is 34.0. The van der Waals surface area contributed by atoms with E-state index in [0.29, 0.717) is 17.1 Å². The number of amides is 1.